The largest absolute Gasteiger partial charge is 0.378 e. The van der Waals surface area contributed by atoms with Gasteiger partial charge in [-0.2, -0.15) is 20.4 Å². The van der Waals surface area contributed by atoms with Gasteiger partial charge in [0.05, 0.1) is 61.0 Å². The Balaban J connectivity index is 0.000000485. The average molecular weight is 1220 g/mol. The molecular formula is C61H107ClN22O2. The normalized spacial score (nSPS) is 10.7. The van der Waals surface area contributed by atoms with Crippen LogP contribution < -0.4 is 0 Å². The van der Waals surface area contributed by atoms with E-state index in [2.05, 4.69) is 228 Å². The Morgan fingerprint density at radius 1 is 0.419 bits per heavy atom. The minimum atomic E-state index is 0.369. The second kappa shape index (κ2) is 41.8. The van der Waals surface area contributed by atoms with Crippen molar-refractivity contribution in [3.63, 3.8) is 0 Å². The number of ether oxygens (including phenoxy) is 2. The van der Waals surface area contributed by atoms with E-state index < -0.39 is 0 Å². The van der Waals surface area contributed by atoms with Crippen molar-refractivity contribution in [3.05, 3.63) is 140 Å². The van der Waals surface area contributed by atoms with Gasteiger partial charge in [-0.3, -0.25) is 18.7 Å². The van der Waals surface area contributed by atoms with Gasteiger partial charge in [0, 0.05) is 106 Å². The number of halogens is 1. The van der Waals surface area contributed by atoms with Crippen molar-refractivity contribution in [2.75, 3.05) is 14.2 Å². The van der Waals surface area contributed by atoms with Gasteiger partial charge in [-0.15, -0.1) is 0 Å². The van der Waals surface area contributed by atoms with E-state index in [1.54, 1.807) is 63.1 Å². The highest BCUT2D eigenvalue weighted by Crippen LogP contribution is 2.18. The van der Waals surface area contributed by atoms with E-state index in [-0.39, 0.29) is 0 Å². The molecule has 0 aliphatic heterocycles. The maximum Gasteiger partial charge on any atom is 0.176 e. The molecule has 0 aliphatic carbocycles. The van der Waals surface area contributed by atoms with Crippen LogP contribution in [0.25, 0.3) is 0 Å². The van der Waals surface area contributed by atoms with Crippen molar-refractivity contribution in [1.82, 2.24) is 107 Å². The fourth-order valence-corrected chi connectivity index (χ4v) is 6.68. The smallest absolute Gasteiger partial charge is 0.176 e. The monoisotopic (exact) mass is 1210 g/mol. The van der Waals surface area contributed by atoms with Gasteiger partial charge in [-0.05, 0) is 152 Å². The fraction of sp³-hybridized carbons (Fsp3) is 0.623. The lowest BCUT2D eigenvalue weighted by atomic mass is 10.3. The van der Waals surface area contributed by atoms with E-state index in [0.717, 1.165) is 52.5 Å². The first-order chi connectivity index (χ1) is 40.6. The molecule has 0 unspecified atom stereocenters. The topological polar surface area (TPSA) is 230 Å². The Morgan fingerprint density at radius 2 is 0.895 bits per heavy atom. The molecular weight excluding hydrogens is 1110 g/mol. The number of nitrogens with zero attached hydrogens (tertiary/aromatic N) is 22. The third kappa shape index (κ3) is 30.8. The second-order valence-corrected chi connectivity index (χ2v) is 22.8. The van der Waals surface area contributed by atoms with Crippen LogP contribution in [0.5, 0.6) is 0 Å². The first-order valence-corrected chi connectivity index (χ1v) is 30.2. The molecule has 0 aliphatic rings. The van der Waals surface area contributed by atoms with Crippen LogP contribution in [0.2, 0.25) is 5.15 Å². The van der Waals surface area contributed by atoms with Crippen LogP contribution in [0.4, 0.5) is 0 Å². The van der Waals surface area contributed by atoms with E-state index in [1.165, 1.54) is 5.69 Å². The van der Waals surface area contributed by atoms with Crippen LogP contribution in [0.1, 0.15) is 233 Å². The Kier molecular flexibility index (Phi) is 37.3. The highest BCUT2D eigenvalue weighted by molar-refractivity contribution is 6.30. The molecule has 0 aromatic carbocycles. The molecule has 9 aromatic rings. The van der Waals surface area contributed by atoms with Crippen molar-refractivity contribution < 1.29 is 9.47 Å². The zero-order valence-electron chi connectivity index (χ0n) is 56.7. The fourth-order valence-electron chi connectivity index (χ4n) is 6.40. The lowest BCUT2D eigenvalue weighted by molar-refractivity contribution is 0.177. The minimum Gasteiger partial charge on any atom is -0.378 e. The zero-order valence-corrected chi connectivity index (χ0v) is 57.5. The number of rotatable bonds is 15. The third-order valence-electron chi connectivity index (χ3n) is 11.9. The number of methoxy groups -OCH3 is 2. The van der Waals surface area contributed by atoms with Crippen molar-refractivity contribution in [3.8, 4) is 0 Å². The molecule has 0 amide bonds. The SMILES string of the molecule is CC(C)n1ccnc1.CC(C)n1cncn1.CCc1cn(C(C)C)cn1.CCc1ncn(C(C)C)n1.COCc1cn(C(C)C)cn1.COCc1ncn(C(C)C)n1.Cc1cn(C(C)C)cn1.Cc1ncn(C(C)C)c1Cl.Cc1ncn(C(C)C)n1. The molecule has 0 saturated heterocycles. The number of aromatic nitrogens is 22. The van der Waals surface area contributed by atoms with Crippen LogP contribution in [0.3, 0.4) is 0 Å². The highest BCUT2D eigenvalue weighted by atomic mass is 35.5. The molecule has 0 atom stereocenters. The maximum absolute atomic E-state index is 5.90. The summed E-state index contributed by atoms with van der Waals surface area (Å²) < 4.78 is 27.4. The Morgan fingerprint density at radius 3 is 1.17 bits per heavy atom. The molecule has 9 rings (SSSR count). The molecule has 24 nitrogen and oxygen atoms in total. The Bertz CT molecular complexity index is 2840. The summed E-state index contributed by atoms with van der Waals surface area (Å²) in [6.07, 6.45) is 29.5. The van der Waals surface area contributed by atoms with Gasteiger partial charge in [0.1, 0.15) is 55.0 Å². The van der Waals surface area contributed by atoms with Gasteiger partial charge < -0.3 is 32.3 Å². The molecule has 0 bridgehead atoms. The van der Waals surface area contributed by atoms with Crippen molar-refractivity contribution in [1.29, 1.82) is 0 Å². The van der Waals surface area contributed by atoms with Gasteiger partial charge >= 0.3 is 0 Å². The van der Waals surface area contributed by atoms with Crippen molar-refractivity contribution in [2.24, 2.45) is 0 Å². The standard InChI is InChI=1S/C8H14N2O.C8H14N2.C7H11ClN2.C7H13N3O.C7H13N3.C7H12N2.C6H11N3.C6H10N2.C5H9N3/c1-7(2)10-4-8(5-11-3)9-6-10;1-4-8-5-10(6-9-8)7(2)3;1-5(2)10-4-9-6(3)7(10)8;1-6(2)10-5-8-7(9-10)4-11-3;1-4-7-8-5-10(9-7)6(2)3;1-6(2)9-4-7(3)8-5-9;1-5(2)9-4-7-6(3)8-9;1-6(2)8-4-3-7-5-8;1-5(2)8-4-6-3-7-8/h4,6-7H,5H2,1-3H3;5-7H,4H2,1-3H3;4-5H,1-3H3;5-6H,4H2,1-3H3;5-6H,4H2,1-3H3;4-6H,1-3H3;4-5H,1-3H3;3-6H,1-2H3;3-5H,1-2H3. The van der Waals surface area contributed by atoms with Crippen LogP contribution >= 0.6 is 11.6 Å². The highest BCUT2D eigenvalue weighted by Gasteiger charge is 2.07. The van der Waals surface area contributed by atoms with Crippen LogP contribution in [-0.4, -0.2) is 121 Å². The minimum absolute atomic E-state index is 0.369. The van der Waals surface area contributed by atoms with Gasteiger partial charge in [0.15, 0.2) is 5.82 Å². The number of imidazole rings is 5. The summed E-state index contributed by atoms with van der Waals surface area (Å²) in [6.45, 7) is 48.9. The van der Waals surface area contributed by atoms with E-state index in [9.17, 15) is 0 Å². The molecule has 0 N–H and O–H groups in total. The first-order valence-electron chi connectivity index (χ1n) is 29.8. The van der Waals surface area contributed by atoms with E-state index in [4.69, 9.17) is 21.1 Å². The van der Waals surface area contributed by atoms with E-state index in [0.29, 0.717) is 67.6 Å². The molecule has 86 heavy (non-hydrogen) atoms. The third-order valence-corrected chi connectivity index (χ3v) is 12.4. The molecule has 25 heteroatoms. The predicted molar refractivity (Wildman–Crippen MR) is 344 cm³/mol. The Labute approximate surface area is 519 Å². The van der Waals surface area contributed by atoms with Gasteiger partial charge in [0.25, 0.3) is 0 Å². The summed E-state index contributed by atoms with van der Waals surface area (Å²) in [4.78, 5) is 36.4. The molecule has 480 valence electrons. The molecule has 0 spiro atoms. The van der Waals surface area contributed by atoms with Gasteiger partial charge in [0.2, 0.25) is 0 Å². The van der Waals surface area contributed by atoms with E-state index >= 15 is 0 Å². The summed E-state index contributed by atoms with van der Waals surface area (Å²) in [5, 5.41) is 17.2. The zero-order chi connectivity index (χ0) is 65.1. The number of aryl methyl sites for hydroxylation is 5. The van der Waals surface area contributed by atoms with E-state index in [1.807, 2.05) is 83.3 Å². The molecule has 9 aromatic heterocycles. The number of hydrogen-bond donors (Lipinski definition) is 0. The summed E-state index contributed by atoms with van der Waals surface area (Å²) in [5.74, 6) is 2.50. The van der Waals surface area contributed by atoms with Crippen LogP contribution in [0.15, 0.2) is 94.3 Å². The van der Waals surface area contributed by atoms with Crippen molar-refractivity contribution >= 4 is 11.6 Å². The molecule has 0 saturated carbocycles. The average Bonchev–Trinajstić information content (AvgIpc) is 4.53. The maximum atomic E-state index is 5.90. The lowest BCUT2D eigenvalue weighted by Crippen LogP contribution is -2.01. The van der Waals surface area contributed by atoms with Crippen molar-refractivity contribution in [2.45, 2.75) is 240 Å². The first kappa shape index (κ1) is 76.8. The summed E-state index contributed by atoms with van der Waals surface area (Å²) >= 11 is 5.90. The van der Waals surface area contributed by atoms with Gasteiger partial charge in [-0.1, -0.05) is 25.4 Å². The second-order valence-electron chi connectivity index (χ2n) is 22.5. The van der Waals surface area contributed by atoms with Crippen LogP contribution in [-0.2, 0) is 35.5 Å². The summed E-state index contributed by atoms with van der Waals surface area (Å²) in [6, 6.07) is 4.13. The Hall–Kier alpha value is -7.18. The molecule has 0 radical (unpaired) electrons. The summed E-state index contributed by atoms with van der Waals surface area (Å²) in [7, 11) is 3.31. The quantitative estimate of drug-likeness (QED) is 0.0929. The molecule has 0 fully saturated rings. The number of hydrogen-bond acceptors (Lipinski definition) is 15. The summed E-state index contributed by atoms with van der Waals surface area (Å²) in [5.41, 5.74) is 4.15. The van der Waals surface area contributed by atoms with Crippen LogP contribution in [0, 0.1) is 20.8 Å². The predicted octanol–water partition coefficient (Wildman–Crippen LogP) is 13.8. The lowest BCUT2D eigenvalue weighted by Gasteiger charge is -2.06. The van der Waals surface area contributed by atoms with Gasteiger partial charge in [-0.25, -0.2) is 44.9 Å². The molecule has 9 heterocycles.